The lowest BCUT2D eigenvalue weighted by Crippen LogP contribution is -2.26. The molecule has 0 saturated heterocycles. The normalized spacial score (nSPS) is 12.9. The molecule has 1 unspecified atom stereocenters. The minimum Gasteiger partial charge on any atom is -0.350 e. The summed E-state index contributed by atoms with van der Waals surface area (Å²) in [5.41, 5.74) is -0.0739. The van der Waals surface area contributed by atoms with Crippen LogP contribution in [0.3, 0.4) is 0 Å². The molecule has 23 heavy (non-hydrogen) atoms. The third kappa shape index (κ3) is 5.08. The maximum atomic E-state index is 12.5. The smallest absolute Gasteiger partial charge is 0.350 e. The van der Waals surface area contributed by atoms with Crippen LogP contribution in [0.15, 0.2) is 36.9 Å². The van der Waals surface area contributed by atoms with Crippen molar-refractivity contribution in [2.75, 3.05) is 0 Å². The molecule has 124 valence electrons. The molecule has 1 heterocycles. The summed E-state index contributed by atoms with van der Waals surface area (Å²) in [6.07, 6.45) is -0.443. The Kier molecular flexibility index (Phi) is 5.36. The highest BCUT2D eigenvalue weighted by Crippen LogP contribution is 2.29. The van der Waals surface area contributed by atoms with Gasteiger partial charge in [0.25, 0.3) is 0 Å². The van der Waals surface area contributed by atoms with Crippen molar-refractivity contribution in [2.24, 2.45) is 0 Å². The van der Waals surface area contributed by atoms with Crippen molar-refractivity contribution < 1.29 is 18.0 Å². The highest BCUT2D eigenvalue weighted by molar-refractivity contribution is 5.76. The van der Waals surface area contributed by atoms with Crippen molar-refractivity contribution in [2.45, 2.75) is 38.5 Å². The van der Waals surface area contributed by atoms with Crippen LogP contribution < -0.4 is 5.32 Å². The average Bonchev–Trinajstić information content (AvgIpc) is 2.99. The summed E-state index contributed by atoms with van der Waals surface area (Å²) < 4.78 is 39.1. The fourth-order valence-corrected chi connectivity index (χ4v) is 2.11. The Morgan fingerprint density at radius 2 is 2.00 bits per heavy atom. The lowest BCUT2D eigenvalue weighted by molar-refractivity contribution is -0.137. The Balaban J connectivity index is 1.81. The first kappa shape index (κ1) is 17.0. The summed E-state index contributed by atoms with van der Waals surface area (Å²) in [4.78, 5) is 15.6. The van der Waals surface area contributed by atoms with Crippen LogP contribution in [0.4, 0.5) is 13.2 Å². The van der Waals surface area contributed by atoms with E-state index in [-0.39, 0.29) is 11.9 Å². The standard InChI is InChI=1S/C15H17F3N4O/c1-11(12-4-6-13(7-5-12)15(16,17)18)21-14(23)3-2-8-22-10-19-9-20-22/h4-7,9-11H,2-3,8H2,1H3,(H,21,23). The lowest BCUT2D eigenvalue weighted by atomic mass is 10.1. The third-order valence-corrected chi connectivity index (χ3v) is 3.37. The molecule has 0 aliphatic heterocycles. The molecule has 1 amide bonds. The van der Waals surface area contributed by atoms with E-state index < -0.39 is 11.7 Å². The molecule has 1 aromatic carbocycles. The number of nitrogens with zero attached hydrogens (tertiary/aromatic N) is 3. The Labute approximate surface area is 131 Å². The molecule has 1 atom stereocenters. The molecule has 5 nitrogen and oxygen atoms in total. The SMILES string of the molecule is CC(NC(=O)CCCn1cncn1)c1ccc(C(F)(F)F)cc1. The molecule has 0 saturated carbocycles. The summed E-state index contributed by atoms with van der Waals surface area (Å²) in [5, 5.41) is 6.70. The average molecular weight is 326 g/mol. The summed E-state index contributed by atoms with van der Waals surface area (Å²) >= 11 is 0. The first-order valence-corrected chi connectivity index (χ1v) is 7.15. The van der Waals surface area contributed by atoms with Gasteiger partial charge in [-0.05, 0) is 31.0 Å². The Morgan fingerprint density at radius 1 is 1.30 bits per heavy atom. The first-order valence-electron chi connectivity index (χ1n) is 7.15. The molecule has 2 rings (SSSR count). The number of nitrogens with one attached hydrogen (secondary N) is 1. The second-order valence-electron chi connectivity index (χ2n) is 5.17. The van der Waals surface area contributed by atoms with Gasteiger partial charge in [-0.15, -0.1) is 0 Å². The minimum atomic E-state index is -4.35. The van der Waals surface area contributed by atoms with E-state index in [9.17, 15) is 18.0 Å². The number of aryl methyl sites for hydroxylation is 1. The molecule has 0 spiro atoms. The number of benzene rings is 1. The van der Waals surface area contributed by atoms with Gasteiger partial charge in [-0.1, -0.05) is 12.1 Å². The number of hydrogen-bond acceptors (Lipinski definition) is 3. The number of halogens is 3. The summed E-state index contributed by atoms with van der Waals surface area (Å²) in [7, 11) is 0. The predicted octanol–water partition coefficient (Wildman–Crippen LogP) is 2.95. The van der Waals surface area contributed by atoms with Crippen LogP contribution in [0.2, 0.25) is 0 Å². The van der Waals surface area contributed by atoms with Gasteiger partial charge in [-0.25, -0.2) is 4.98 Å². The van der Waals surface area contributed by atoms with Crippen LogP contribution in [0, 0.1) is 0 Å². The van der Waals surface area contributed by atoms with E-state index in [1.807, 2.05) is 0 Å². The highest BCUT2D eigenvalue weighted by Gasteiger charge is 2.30. The van der Waals surface area contributed by atoms with Gasteiger partial charge in [0.2, 0.25) is 5.91 Å². The quantitative estimate of drug-likeness (QED) is 0.888. The van der Waals surface area contributed by atoms with Gasteiger partial charge in [0, 0.05) is 13.0 Å². The van der Waals surface area contributed by atoms with E-state index in [4.69, 9.17) is 0 Å². The fraction of sp³-hybridized carbons (Fsp3) is 0.400. The molecule has 2 aromatic rings. The van der Waals surface area contributed by atoms with Gasteiger partial charge in [-0.2, -0.15) is 18.3 Å². The van der Waals surface area contributed by atoms with Crippen molar-refractivity contribution in [3.63, 3.8) is 0 Å². The molecular formula is C15H17F3N4O. The highest BCUT2D eigenvalue weighted by atomic mass is 19.4. The van der Waals surface area contributed by atoms with Gasteiger partial charge in [0.15, 0.2) is 0 Å². The molecule has 0 bridgehead atoms. The van der Waals surface area contributed by atoms with Crippen LogP contribution >= 0.6 is 0 Å². The molecule has 0 aliphatic rings. The molecule has 1 aromatic heterocycles. The Bertz CT molecular complexity index is 623. The molecule has 8 heteroatoms. The van der Waals surface area contributed by atoms with E-state index in [1.165, 1.54) is 18.5 Å². The second kappa shape index (κ2) is 7.26. The van der Waals surface area contributed by atoms with Crippen LogP contribution in [-0.2, 0) is 17.5 Å². The topological polar surface area (TPSA) is 59.8 Å². The van der Waals surface area contributed by atoms with Crippen LogP contribution in [0.5, 0.6) is 0 Å². The summed E-state index contributed by atoms with van der Waals surface area (Å²) in [6.45, 7) is 2.32. The minimum absolute atomic E-state index is 0.155. The van der Waals surface area contributed by atoms with E-state index in [0.717, 1.165) is 12.1 Å². The molecule has 0 radical (unpaired) electrons. The fourth-order valence-electron chi connectivity index (χ4n) is 2.11. The number of alkyl halides is 3. The van der Waals surface area contributed by atoms with Crippen molar-refractivity contribution >= 4 is 5.91 Å². The van der Waals surface area contributed by atoms with E-state index in [0.29, 0.717) is 24.9 Å². The predicted molar refractivity (Wildman–Crippen MR) is 77.3 cm³/mol. The zero-order valence-corrected chi connectivity index (χ0v) is 12.5. The zero-order valence-electron chi connectivity index (χ0n) is 12.5. The van der Waals surface area contributed by atoms with Crippen molar-refractivity contribution in [1.29, 1.82) is 0 Å². The summed E-state index contributed by atoms with van der Waals surface area (Å²) in [5.74, 6) is -0.155. The first-order chi connectivity index (χ1) is 10.9. The number of hydrogen-bond donors (Lipinski definition) is 1. The van der Waals surface area contributed by atoms with Crippen LogP contribution in [0.25, 0.3) is 0 Å². The maximum absolute atomic E-state index is 12.5. The monoisotopic (exact) mass is 326 g/mol. The van der Waals surface area contributed by atoms with Gasteiger partial charge < -0.3 is 5.32 Å². The van der Waals surface area contributed by atoms with E-state index >= 15 is 0 Å². The zero-order chi connectivity index (χ0) is 16.9. The molecule has 0 fully saturated rings. The maximum Gasteiger partial charge on any atom is 0.416 e. The lowest BCUT2D eigenvalue weighted by Gasteiger charge is -2.15. The van der Waals surface area contributed by atoms with Gasteiger partial charge in [0.1, 0.15) is 12.7 Å². The van der Waals surface area contributed by atoms with E-state index in [2.05, 4.69) is 15.4 Å². The number of carbonyl (C=O) groups is 1. The van der Waals surface area contributed by atoms with E-state index in [1.54, 1.807) is 17.9 Å². The number of aromatic nitrogens is 3. The summed E-state index contributed by atoms with van der Waals surface area (Å²) in [6, 6.07) is 4.44. The van der Waals surface area contributed by atoms with Gasteiger partial charge in [0.05, 0.1) is 11.6 Å². The number of carbonyl (C=O) groups excluding carboxylic acids is 1. The Hall–Kier alpha value is -2.38. The Morgan fingerprint density at radius 3 is 2.57 bits per heavy atom. The van der Waals surface area contributed by atoms with Crippen LogP contribution in [0.1, 0.15) is 36.9 Å². The van der Waals surface area contributed by atoms with Crippen molar-refractivity contribution in [3.8, 4) is 0 Å². The number of rotatable bonds is 6. The molecule has 1 N–H and O–H groups in total. The van der Waals surface area contributed by atoms with Crippen molar-refractivity contribution in [1.82, 2.24) is 20.1 Å². The van der Waals surface area contributed by atoms with Gasteiger partial charge >= 0.3 is 6.18 Å². The van der Waals surface area contributed by atoms with Gasteiger partial charge in [-0.3, -0.25) is 9.48 Å². The number of amides is 1. The van der Waals surface area contributed by atoms with Crippen molar-refractivity contribution in [3.05, 3.63) is 48.0 Å². The largest absolute Gasteiger partial charge is 0.416 e. The molecule has 0 aliphatic carbocycles. The van der Waals surface area contributed by atoms with Crippen LogP contribution in [-0.4, -0.2) is 20.7 Å². The third-order valence-electron chi connectivity index (χ3n) is 3.37. The second-order valence-corrected chi connectivity index (χ2v) is 5.17. The molecular weight excluding hydrogens is 309 g/mol.